The molecule has 0 amide bonds. The van der Waals surface area contributed by atoms with E-state index >= 15 is 0 Å². The highest BCUT2D eigenvalue weighted by molar-refractivity contribution is 7.11. The molecule has 0 spiro atoms. The summed E-state index contributed by atoms with van der Waals surface area (Å²) in [5.41, 5.74) is 1.14. The molecule has 1 aliphatic heterocycles. The SMILES string of the molecule is CCNC1(c2nc(C)c(C)s2)CCOC(C)(CC)C1. The Morgan fingerprint density at radius 1 is 1.37 bits per heavy atom. The van der Waals surface area contributed by atoms with Crippen molar-refractivity contribution in [1.82, 2.24) is 10.3 Å². The molecular formula is C15H26N2OS. The maximum absolute atomic E-state index is 6.01. The Morgan fingerprint density at radius 2 is 2.11 bits per heavy atom. The van der Waals surface area contributed by atoms with E-state index in [4.69, 9.17) is 9.72 Å². The number of nitrogens with one attached hydrogen (secondary N) is 1. The summed E-state index contributed by atoms with van der Waals surface area (Å²) in [7, 11) is 0. The molecule has 1 N–H and O–H groups in total. The van der Waals surface area contributed by atoms with Gasteiger partial charge < -0.3 is 10.1 Å². The maximum atomic E-state index is 6.01. The Morgan fingerprint density at radius 3 is 2.63 bits per heavy atom. The van der Waals surface area contributed by atoms with Crippen LogP contribution in [0.4, 0.5) is 0 Å². The Hall–Kier alpha value is -0.450. The summed E-state index contributed by atoms with van der Waals surface area (Å²) in [5.74, 6) is 0. The van der Waals surface area contributed by atoms with Gasteiger partial charge in [0.15, 0.2) is 0 Å². The van der Waals surface area contributed by atoms with E-state index < -0.39 is 0 Å². The molecule has 2 atom stereocenters. The highest BCUT2D eigenvalue weighted by Crippen LogP contribution is 2.42. The third-order valence-electron chi connectivity index (χ3n) is 4.36. The molecule has 2 heterocycles. The van der Waals surface area contributed by atoms with Gasteiger partial charge in [0.05, 0.1) is 16.8 Å². The van der Waals surface area contributed by atoms with Gasteiger partial charge in [0.25, 0.3) is 0 Å². The normalized spacial score (nSPS) is 31.6. The summed E-state index contributed by atoms with van der Waals surface area (Å²) in [6.45, 7) is 12.7. The number of aryl methyl sites for hydroxylation is 2. The molecule has 1 aliphatic rings. The number of ether oxygens (including phenoxy) is 1. The zero-order chi connectivity index (χ0) is 14.1. The van der Waals surface area contributed by atoms with Crippen LogP contribution in [0.2, 0.25) is 0 Å². The average molecular weight is 282 g/mol. The Kier molecular flexibility index (Phi) is 4.33. The van der Waals surface area contributed by atoms with E-state index in [0.29, 0.717) is 0 Å². The fourth-order valence-corrected chi connectivity index (χ4v) is 4.01. The van der Waals surface area contributed by atoms with Gasteiger partial charge in [-0.15, -0.1) is 11.3 Å². The second kappa shape index (κ2) is 5.51. The van der Waals surface area contributed by atoms with E-state index in [1.165, 1.54) is 15.6 Å². The van der Waals surface area contributed by atoms with Crippen molar-refractivity contribution < 1.29 is 4.74 Å². The minimum Gasteiger partial charge on any atom is -0.375 e. The Balaban J connectivity index is 2.37. The van der Waals surface area contributed by atoms with Gasteiger partial charge in [0.1, 0.15) is 5.01 Å². The lowest BCUT2D eigenvalue weighted by Crippen LogP contribution is -2.53. The third-order valence-corrected chi connectivity index (χ3v) is 5.63. The zero-order valence-corrected chi connectivity index (χ0v) is 13.6. The van der Waals surface area contributed by atoms with Gasteiger partial charge in [0.2, 0.25) is 0 Å². The monoisotopic (exact) mass is 282 g/mol. The standard InChI is InChI=1S/C15H26N2OS/c1-6-14(5)10-15(16-7-2,8-9-18-14)13-17-11(3)12(4)19-13/h16H,6-10H2,1-5H3. The molecule has 4 heteroatoms. The third kappa shape index (κ3) is 2.86. The van der Waals surface area contributed by atoms with Gasteiger partial charge in [-0.3, -0.25) is 0 Å². The predicted octanol–water partition coefficient (Wildman–Crippen LogP) is 3.54. The smallest absolute Gasteiger partial charge is 0.113 e. The van der Waals surface area contributed by atoms with E-state index in [9.17, 15) is 0 Å². The summed E-state index contributed by atoms with van der Waals surface area (Å²) in [5, 5.41) is 4.96. The molecule has 0 aromatic carbocycles. The molecule has 1 fully saturated rings. The Bertz CT molecular complexity index is 422. The van der Waals surface area contributed by atoms with Crippen LogP contribution in [0.5, 0.6) is 0 Å². The van der Waals surface area contributed by atoms with Crippen LogP contribution in [0, 0.1) is 13.8 Å². The maximum Gasteiger partial charge on any atom is 0.113 e. The second-order valence-electron chi connectivity index (χ2n) is 5.85. The van der Waals surface area contributed by atoms with Gasteiger partial charge in [-0.05, 0) is 40.2 Å². The van der Waals surface area contributed by atoms with Crippen molar-refractivity contribution in [2.24, 2.45) is 0 Å². The number of hydrogen-bond donors (Lipinski definition) is 1. The lowest BCUT2D eigenvalue weighted by molar-refractivity contribution is -0.103. The molecule has 0 bridgehead atoms. The first kappa shape index (κ1) is 14.9. The molecule has 2 rings (SSSR count). The largest absolute Gasteiger partial charge is 0.375 e. The van der Waals surface area contributed by atoms with Gasteiger partial charge in [-0.1, -0.05) is 13.8 Å². The van der Waals surface area contributed by atoms with Gasteiger partial charge in [0, 0.05) is 17.9 Å². The minimum absolute atomic E-state index is 0.00144. The highest BCUT2D eigenvalue weighted by Gasteiger charge is 2.45. The van der Waals surface area contributed by atoms with E-state index in [0.717, 1.165) is 32.4 Å². The molecule has 0 radical (unpaired) electrons. The van der Waals surface area contributed by atoms with Crippen LogP contribution in [0.25, 0.3) is 0 Å². The van der Waals surface area contributed by atoms with Crippen molar-refractivity contribution in [3.05, 3.63) is 15.6 Å². The molecule has 0 aliphatic carbocycles. The van der Waals surface area contributed by atoms with Crippen LogP contribution >= 0.6 is 11.3 Å². The molecule has 1 saturated heterocycles. The van der Waals surface area contributed by atoms with Crippen molar-refractivity contribution in [3.63, 3.8) is 0 Å². The van der Waals surface area contributed by atoms with Crippen LogP contribution < -0.4 is 5.32 Å². The number of aromatic nitrogens is 1. The van der Waals surface area contributed by atoms with Crippen molar-refractivity contribution >= 4 is 11.3 Å². The van der Waals surface area contributed by atoms with E-state index in [1.54, 1.807) is 0 Å². The number of thiazole rings is 1. The van der Waals surface area contributed by atoms with Crippen LogP contribution in [0.1, 0.15) is 55.6 Å². The van der Waals surface area contributed by atoms with E-state index in [1.807, 2.05) is 11.3 Å². The number of nitrogens with zero attached hydrogens (tertiary/aromatic N) is 1. The summed E-state index contributed by atoms with van der Waals surface area (Å²) in [4.78, 5) is 6.16. The lowest BCUT2D eigenvalue weighted by Gasteiger charge is -2.45. The zero-order valence-electron chi connectivity index (χ0n) is 12.8. The summed E-state index contributed by atoms with van der Waals surface area (Å²) < 4.78 is 6.01. The second-order valence-corrected chi connectivity index (χ2v) is 7.05. The topological polar surface area (TPSA) is 34.2 Å². The van der Waals surface area contributed by atoms with Gasteiger partial charge in [-0.25, -0.2) is 4.98 Å². The van der Waals surface area contributed by atoms with Crippen molar-refractivity contribution in [3.8, 4) is 0 Å². The molecule has 1 aromatic heterocycles. The number of hydrogen-bond acceptors (Lipinski definition) is 4. The highest BCUT2D eigenvalue weighted by atomic mass is 32.1. The first-order valence-electron chi connectivity index (χ1n) is 7.28. The quantitative estimate of drug-likeness (QED) is 0.917. The van der Waals surface area contributed by atoms with Crippen molar-refractivity contribution in [1.29, 1.82) is 0 Å². The molecule has 1 aromatic rings. The number of rotatable bonds is 4. The van der Waals surface area contributed by atoms with Crippen LogP contribution in [-0.4, -0.2) is 23.7 Å². The average Bonchev–Trinajstić information content (AvgIpc) is 2.71. The molecule has 3 nitrogen and oxygen atoms in total. The van der Waals surface area contributed by atoms with E-state index in [-0.39, 0.29) is 11.1 Å². The van der Waals surface area contributed by atoms with Gasteiger partial charge >= 0.3 is 0 Å². The van der Waals surface area contributed by atoms with Crippen molar-refractivity contribution in [2.75, 3.05) is 13.2 Å². The summed E-state index contributed by atoms with van der Waals surface area (Å²) in [6, 6.07) is 0. The van der Waals surface area contributed by atoms with Crippen molar-refractivity contribution in [2.45, 2.75) is 65.0 Å². The van der Waals surface area contributed by atoms with Gasteiger partial charge in [-0.2, -0.15) is 0 Å². The Labute approximate surface area is 120 Å². The predicted molar refractivity (Wildman–Crippen MR) is 80.8 cm³/mol. The molecular weight excluding hydrogens is 256 g/mol. The fourth-order valence-electron chi connectivity index (χ4n) is 2.90. The molecule has 0 saturated carbocycles. The fraction of sp³-hybridized carbons (Fsp3) is 0.800. The molecule has 2 unspecified atom stereocenters. The first-order valence-corrected chi connectivity index (χ1v) is 8.10. The first-order chi connectivity index (χ1) is 8.95. The minimum atomic E-state index is -0.0338. The lowest BCUT2D eigenvalue weighted by atomic mass is 9.79. The molecule has 19 heavy (non-hydrogen) atoms. The van der Waals surface area contributed by atoms with E-state index in [2.05, 4.69) is 39.9 Å². The summed E-state index contributed by atoms with van der Waals surface area (Å²) in [6.07, 6.45) is 3.07. The van der Waals surface area contributed by atoms with Crippen LogP contribution in [0.15, 0.2) is 0 Å². The van der Waals surface area contributed by atoms with Crippen LogP contribution in [0.3, 0.4) is 0 Å². The van der Waals surface area contributed by atoms with Crippen LogP contribution in [-0.2, 0) is 10.3 Å². The summed E-state index contributed by atoms with van der Waals surface area (Å²) >= 11 is 1.84. The molecule has 108 valence electrons.